The van der Waals surface area contributed by atoms with Crippen LogP contribution >= 0.6 is 0 Å². The van der Waals surface area contributed by atoms with Crippen LogP contribution in [-0.2, 0) is 0 Å². The topological polar surface area (TPSA) is 0 Å². The lowest BCUT2D eigenvalue weighted by molar-refractivity contribution is -0.0661. The monoisotopic (exact) mass is 176 g/mol. The van der Waals surface area contributed by atoms with Gasteiger partial charge in [0.15, 0.2) is 0 Å². The minimum absolute atomic E-state index is 0.275. The smallest absolute Gasteiger partial charge is 0.207 e. The van der Waals surface area contributed by atoms with Crippen LogP contribution in [-0.4, -0.2) is 5.92 Å². The molecular formula is C10H18F2. The van der Waals surface area contributed by atoms with E-state index < -0.39 is 11.3 Å². The standard InChI is InChI=1S/C10H18F2/c1-4-6-10(9(3,11)12)7-8(10)5-2/h8H,4-7H2,1-3H3. The fourth-order valence-electron chi connectivity index (χ4n) is 2.43. The Labute approximate surface area is 73.3 Å². The van der Waals surface area contributed by atoms with E-state index in [2.05, 4.69) is 0 Å². The summed E-state index contributed by atoms with van der Waals surface area (Å²) in [6.45, 7) is 5.07. The van der Waals surface area contributed by atoms with E-state index in [0.29, 0.717) is 6.42 Å². The second-order valence-electron chi connectivity index (χ2n) is 4.10. The number of hydrogen-bond donors (Lipinski definition) is 0. The molecule has 0 amide bonds. The van der Waals surface area contributed by atoms with E-state index in [9.17, 15) is 8.78 Å². The molecule has 2 unspecified atom stereocenters. The largest absolute Gasteiger partial charge is 0.251 e. The van der Waals surface area contributed by atoms with Crippen LogP contribution in [0.2, 0.25) is 0 Å². The Hall–Kier alpha value is -0.140. The van der Waals surface area contributed by atoms with Crippen molar-refractivity contribution in [2.24, 2.45) is 11.3 Å². The van der Waals surface area contributed by atoms with Crippen LogP contribution in [0.3, 0.4) is 0 Å². The van der Waals surface area contributed by atoms with Crippen molar-refractivity contribution in [2.75, 3.05) is 0 Å². The quantitative estimate of drug-likeness (QED) is 0.610. The molecule has 0 bridgehead atoms. The second kappa shape index (κ2) is 2.97. The van der Waals surface area contributed by atoms with Crippen molar-refractivity contribution < 1.29 is 8.78 Å². The summed E-state index contributed by atoms with van der Waals surface area (Å²) < 4.78 is 26.4. The van der Waals surface area contributed by atoms with Gasteiger partial charge >= 0.3 is 0 Å². The van der Waals surface area contributed by atoms with E-state index in [1.54, 1.807) is 0 Å². The lowest BCUT2D eigenvalue weighted by Crippen LogP contribution is -2.28. The molecule has 1 aliphatic carbocycles. The summed E-state index contributed by atoms with van der Waals surface area (Å²) in [5.74, 6) is -2.19. The molecule has 12 heavy (non-hydrogen) atoms. The molecule has 1 aliphatic rings. The maximum atomic E-state index is 13.2. The maximum Gasteiger partial charge on any atom is 0.251 e. The van der Waals surface area contributed by atoms with Crippen molar-refractivity contribution in [3.63, 3.8) is 0 Å². The van der Waals surface area contributed by atoms with Gasteiger partial charge < -0.3 is 0 Å². The average Bonchev–Trinajstić information content (AvgIpc) is 2.63. The van der Waals surface area contributed by atoms with Crippen molar-refractivity contribution in [3.05, 3.63) is 0 Å². The first kappa shape index (κ1) is 9.94. The minimum Gasteiger partial charge on any atom is -0.207 e. The molecule has 0 saturated heterocycles. The molecule has 0 aromatic rings. The summed E-state index contributed by atoms with van der Waals surface area (Å²) >= 11 is 0. The van der Waals surface area contributed by atoms with Gasteiger partial charge in [0.05, 0.1) is 0 Å². The Kier molecular flexibility index (Phi) is 2.46. The molecule has 1 saturated carbocycles. The summed E-state index contributed by atoms with van der Waals surface area (Å²) in [4.78, 5) is 0. The van der Waals surface area contributed by atoms with Gasteiger partial charge in [0.2, 0.25) is 0 Å². The van der Waals surface area contributed by atoms with E-state index in [0.717, 1.165) is 26.2 Å². The van der Waals surface area contributed by atoms with Gasteiger partial charge in [-0.25, -0.2) is 8.78 Å². The molecule has 0 nitrogen and oxygen atoms in total. The van der Waals surface area contributed by atoms with Crippen molar-refractivity contribution in [1.29, 1.82) is 0 Å². The molecule has 0 N–H and O–H groups in total. The van der Waals surface area contributed by atoms with Crippen LogP contribution in [0.15, 0.2) is 0 Å². The predicted molar refractivity (Wildman–Crippen MR) is 46.4 cm³/mol. The molecule has 72 valence electrons. The van der Waals surface area contributed by atoms with E-state index >= 15 is 0 Å². The highest BCUT2D eigenvalue weighted by molar-refractivity contribution is 5.07. The lowest BCUT2D eigenvalue weighted by Gasteiger charge is -2.24. The molecule has 1 fully saturated rings. The maximum absolute atomic E-state index is 13.2. The average molecular weight is 176 g/mol. The Morgan fingerprint density at radius 2 is 2.00 bits per heavy atom. The third-order valence-corrected chi connectivity index (χ3v) is 3.30. The zero-order valence-electron chi connectivity index (χ0n) is 8.16. The minimum atomic E-state index is -2.47. The Morgan fingerprint density at radius 3 is 2.25 bits per heavy atom. The molecule has 0 radical (unpaired) electrons. The van der Waals surface area contributed by atoms with Crippen molar-refractivity contribution >= 4 is 0 Å². The number of rotatable bonds is 4. The van der Waals surface area contributed by atoms with Crippen LogP contribution in [0, 0.1) is 11.3 Å². The second-order valence-corrected chi connectivity index (χ2v) is 4.10. The third kappa shape index (κ3) is 1.36. The molecule has 2 atom stereocenters. The van der Waals surface area contributed by atoms with Crippen LogP contribution in [0.25, 0.3) is 0 Å². The summed E-state index contributed by atoms with van der Waals surface area (Å²) in [5, 5.41) is 0. The van der Waals surface area contributed by atoms with Crippen LogP contribution in [0.4, 0.5) is 8.78 Å². The molecule has 0 aromatic heterocycles. The van der Waals surface area contributed by atoms with Gasteiger partial charge in [-0.1, -0.05) is 26.7 Å². The van der Waals surface area contributed by atoms with Gasteiger partial charge in [0.25, 0.3) is 5.92 Å². The molecule has 1 rings (SSSR count). The number of halogens is 2. The van der Waals surface area contributed by atoms with E-state index in [1.807, 2.05) is 13.8 Å². The van der Waals surface area contributed by atoms with Gasteiger partial charge in [-0.05, 0) is 25.7 Å². The molecule has 0 heterocycles. The first-order valence-electron chi connectivity index (χ1n) is 4.85. The summed E-state index contributed by atoms with van der Waals surface area (Å²) in [6.07, 6.45) is 3.21. The molecule has 0 spiro atoms. The zero-order valence-corrected chi connectivity index (χ0v) is 8.16. The lowest BCUT2D eigenvalue weighted by atomic mass is 9.90. The van der Waals surface area contributed by atoms with Gasteiger partial charge in [0, 0.05) is 5.41 Å². The first-order chi connectivity index (χ1) is 5.48. The zero-order chi connectivity index (χ0) is 9.41. The van der Waals surface area contributed by atoms with E-state index in [4.69, 9.17) is 0 Å². The van der Waals surface area contributed by atoms with Crippen molar-refractivity contribution in [1.82, 2.24) is 0 Å². The molecular weight excluding hydrogens is 158 g/mol. The van der Waals surface area contributed by atoms with Crippen molar-refractivity contribution in [3.8, 4) is 0 Å². The van der Waals surface area contributed by atoms with Crippen molar-refractivity contribution in [2.45, 2.75) is 52.4 Å². The Balaban J connectivity index is 2.65. The normalized spacial score (nSPS) is 35.2. The number of alkyl halides is 2. The van der Waals surface area contributed by atoms with Gasteiger partial charge in [-0.2, -0.15) is 0 Å². The highest BCUT2D eigenvalue weighted by atomic mass is 19.3. The molecule has 0 aromatic carbocycles. The highest BCUT2D eigenvalue weighted by Gasteiger charge is 2.64. The van der Waals surface area contributed by atoms with E-state index in [1.165, 1.54) is 0 Å². The van der Waals surface area contributed by atoms with Crippen LogP contribution < -0.4 is 0 Å². The molecule has 2 heteroatoms. The van der Waals surface area contributed by atoms with Crippen LogP contribution in [0.1, 0.15) is 46.5 Å². The fourth-order valence-corrected chi connectivity index (χ4v) is 2.43. The predicted octanol–water partition coefficient (Wildman–Crippen LogP) is 3.86. The molecule has 0 aliphatic heterocycles. The summed E-state index contributed by atoms with van der Waals surface area (Å²) in [5.41, 5.74) is -0.628. The van der Waals surface area contributed by atoms with Crippen LogP contribution in [0.5, 0.6) is 0 Å². The van der Waals surface area contributed by atoms with E-state index in [-0.39, 0.29) is 5.92 Å². The first-order valence-corrected chi connectivity index (χ1v) is 4.85. The van der Waals surface area contributed by atoms with Gasteiger partial charge in [-0.3, -0.25) is 0 Å². The SMILES string of the molecule is CCCC1(C(C)(F)F)CC1CC. The highest BCUT2D eigenvalue weighted by Crippen LogP contribution is 2.65. The Morgan fingerprint density at radius 1 is 1.42 bits per heavy atom. The fraction of sp³-hybridized carbons (Fsp3) is 1.00. The summed E-state index contributed by atoms with van der Waals surface area (Å²) in [7, 11) is 0. The summed E-state index contributed by atoms with van der Waals surface area (Å²) in [6, 6.07) is 0. The Bertz CT molecular complexity index is 160. The van der Waals surface area contributed by atoms with Gasteiger partial charge in [0.1, 0.15) is 0 Å². The van der Waals surface area contributed by atoms with Gasteiger partial charge in [-0.15, -0.1) is 0 Å². The number of hydrogen-bond acceptors (Lipinski definition) is 0. The third-order valence-electron chi connectivity index (χ3n) is 3.30.